The largest absolute Gasteiger partial charge is 0.481 e. The van der Waals surface area contributed by atoms with Crippen molar-refractivity contribution in [2.24, 2.45) is 0 Å². The lowest BCUT2D eigenvalue weighted by molar-refractivity contribution is -0.137. The highest BCUT2D eigenvalue weighted by Crippen LogP contribution is 2.22. The van der Waals surface area contributed by atoms with Gasteiger partial charge in [-0.1, -0.05) is 12.2 Å². The lowest BCUT2D eigenvalue weighted by atomic mass is 9.98. The predicted octanol–water partition coefficient (Wildman–Crippen LogP) is 2.09. The number of urea groups is 1. The van der Waals surface area contributed by atoms with E-state index in [0.29, 0.717) is 13.0 Å². The highest BCUT2D eigenvalue weighted by molar-refractivity contribution is 5.75. The van der Waals surface area contributed by atoms with E-state index in [1.807, 2.05) is 15.9 Å². The van der Waals surface area contributed by atoms with Gasteiger partial charge in [-0.2, -0.15) is 0 Å². The Kier molecular flexibility index (Phi) is 4.82. The van der Waals surface area contributed by atoms with Gasteiger partial charge in [0.2, 0.25) is 0 Å². The maximum absolute atomic E-state index is 12.5. The number of amides is 2. The minimum atomic E-state index is -0.779. The molecule has 106 valence electrons. The quantitative estimate of drug-likeness (QED) is 0.796. The molecule has 0 spiro atoms. The van der Waals surface area contributed by atoms with Crippen LogP contribution >= 0.6 is 0 Å². The number of likely N-dealkylation sites (tertiary alicyclic amines) is 1. The molecule has 2 aliphatic rings. The SMILES string of the molecule is O=C(O)CCC1CCCCN1C(=O)N1CC=CCC1. The fourth-order valence-electron chi connectivity index (χ4n) is 2.84. The summed E-state index contributed by atoms with van der Waals surface area (Å²) in [5.74, 6) is -0.779. The number of nitrogens with zero attached hydrogens (tertiary/aromatic N) is 2. The molecule has 2 amide bonds. The molecule has 0 aromatic carbocycles. The molecular formula is C14H22N2O3. The first-order chi connectivity index (χ1) is 9.18. The molecule has 5 nitrogen and oxygen atoms in total. The van der Waals surface area contributed by atoms with Gasteiger partial charge in [0.05, 0.1) is 0 Å². The zero-order chi connectivity index (χ0) is 13.7. The number of aliphatic carboxylic acids is 1. The second-order valence-corrected chi connectivity index (χ2v) is 5.26. The van der Waals surface area contributed by atoms with Gasteiger partial charge < -0.3 is 14.9 Å². The summed E-state index contributed by atoms with van der Waals surface area (Å²) in [4.78, 5) is 26.9. The van der Waals surface area contributed by atoms with Crippen molar-refractivity contribution in [3.63, 3.8) is 0 Å². The van der Waals surface area contributed by atoms with Gasteiger partial charge in [0.25, 0.3) is 0 Å². The van der Waals surface area contributed by atoms with Gasteiger partial charge in [0.15, 0.2) is 0 Å². The van der Waals surface area contributed by atoms with Gasteiger partial charge in [-0.25, -0.2) is 4.79 Å². The number of hydrogen-bond donors (Lipinski definition) is 1. The van der Waals surface area contributed by atoms with Crippen molar-refractivity contribution in [2.75, 3.05) is 19.6 Å². The molecule has 1 N–H and O–H groups in total. The third-order valence-corrected chi connectivity index (χ3v) is 3.89. The Bertz CT molecular complexity index is 368. The van der Waals surface area contributed by atoms with Crippen molar-refractivity contribution in [3.8, 4) is 0 Å². The molecule has 0 aromatic rings. The number of carboxylic acid groups (broad SMARTS) is 1. The molecule has 2 rings (SSSR count). The number of carbonyl (C=O) groups is 2. The average molecular weight is 266 g/mol. The maximum Gasteiger partial charge on any atom is 0.320 e. The molecule has 0 aliphatic carbocycles. The normalized spacial score (nSPS) is 23.5. The second kappa shape index (κ2) is 6.59. The monoisotopic (exact) mass is 266 g/mol. The van der Waals surface area contributed by atoms with Crippen LogP contribution in [-0.4, -0.2) is 52.6 Å². The van der Waals surface area contributed by atoms with Crippen LogP contribution in [0, 0.1) is 0 Å². The fourth-order valence-corrected chi connectivity index (χ4v) is 2.84. The third-order valence-electron chi connectivity index (χ3n) is 3.89. The van der Waals surface area contributed by atoms with Crippen LogP contribution in [-0.2, 0) is 4.79 Å². The molecule has 2 heterocycles. The van der Waals surface area contributed by atoms with E-state index in [0.717, 1.165) is 38.8 Å². The number of hydrogen-bond acceptors (Lipinski definition) is 2. The van der Waals surface area contributed by atoms with Crippen molar-refractivity contribution in [1.82, 2.24) is 9.80 Å². The zero-order valence-electron chi connectivity index (χ0n) is 11.3. The van der Waals surface area contributed by atoms with Crippen LogP contribution in [0.1, 0.15) is 38.5 Å². The maximum atomic E-state index is 12.5. The van der Waals surface area contributed by atoms with Gasteiger partial charge in [0, 0.05) is 32.1 Å². The van der Waals surface area contributed by atoms with E-state index < -0.39 is 5.97 Å². The zero-order valence-corrected chi connectivity index (χ0v) is 11.3. The number of carbonyl (C=O) groups excluding carboxylic acids is 1. The molecule has 0 bridgehead atoms. The van der Waals surface area contributed by atoms with Crippen LogP contribution in [0.15, 0.2) is 12.2 Å². The van der Waals surface area contributed by atoms with Crippen LogP contribution in [0.3, 0.4) is 0 Å². The standard InChI is InChI=1S/C14H22N2O3/c17-13(18)8-7-12-6-2-5-11-16(12)14(19)15-9-3-1-4-10-15/h1,3,12H,2,4-11H2,(H,17,18). The predicted molar refractivity (Wildman–Crippen MR) is 71.9 cm³/mol. The van der Waals surface area contributed by atoms with Crippen molar-refractivity contribution in [3.05, 3.63) is 12.2 Å². The first-order valence-corrected chi connectivity index (χ1v) is 7.11. The summed E-state index contributed by atoms with van der Waals surface area (Å²) in [6, 6.07) is 0.183. The fraction of sp³-hybridized carbons (Fsp3) is 0.714. The smallest absolute Gasteiger partial charge is 0.320 e. The van der Waals surface area contributed by atoms with Crippen LogP contribution in [0.25, 0.3) is 0 Å². The van der Waals surface area contributed by atoms with Gasteiger partial charge in [-0.3, -0.25) is 4.79 Å². The van der Waals surface area contributed by atoms with E-state index in [2.05, 4.69) is 6.08 Å². The Hall–Kier alpha value is -1.52. The van der Waals surface area contributed by atoms with Gasteiger partial charge in [0.1, 0.15) is 0 Å². The summed E-state index contributed by atoms with van der Waals surface area (Å²) in [7, 11) is 0. The van der Waals surface area contributed by atoms with Crippen molar-refractivity contribution in [1.29, 1.82) is 0 Å². The van der Waals surface area contributed by atoms with Gasteiger partial charge in [-0.15, -0.1) is 0 Å². The van der Waals surface area contributed by atoms with Crippen LogP contribution in [0.4, 0.5) is 4.79 Å². The Labute approximate surface area is 113 Å². The Morgan fingerprint density at radius 3 is 2.74 bits per heavy atom. The van der Waals surface area contributed by atoms with E-state index in [9.17, 15) is 9.59 Å². The lowest BCUT2D eigenvalue weighted by Crippen LogP contribution is -2.51. The summed E-state index contributed by atoms with van der Waals surface area (Å²) in [6.45, 7) is 2.22. The highest BCUT2D eigenvalue weighted by Gasteiger charge is 2.30. The molecule has 0 radical (unpaired) electrons. The number of rotatable bonds is 3. The van der Waals surface area contributed by atoms with E-state index in [1.54, 1.807) is 0 Å². The molecule has 19 heavy (non-hydrogen) atoms. The molecule has 0 saturated carbocycles. The number of carboxylic acids is 1. The Morgan fingerprint density at radius 1 is 1.21 bits per heavy atom. The second-order valence-electron chi connectivity index (χ2n) is 5.26. The molecule has 0 aromatic heterocycles. The summed E-state index contributed by atoms with van der Waals surface area (Å²) in [6.07, 6.45) is 8.81. The summed E-state index contributed by atoms with van der Waals surface area (Å²) in [5, 5.41) is 8.79. The lowest BCUT2D eigenvalue weighted by Gasteiger charge is -2.39. The van der Waals surface area contributed by atoms with Crippen molar-refractivity contribution < 1.29 is 14.7 Å². The summed E-state index contributed by atoms with van der Waals surface area (Å²) in [5.41, 5.74) is 0. The van der Waals surface area contributed by atoms with Crippen LogP contribution < -0.4 is 0 Å². The molecule has 5 heteroatoms. The van der Waals surface area contributed by atoms with Crippen LogP contribution in [0.2, 0.25) is 0 Å². The summed E-state index contributed by atoms with van der Waals surface area (Å²) >= 11 is 0. The topological polar surface area (TPSA) is 60.9 Å². The molecular weight excluding hydrogens is 244 g/mol. The first-order valence-electron chi connectivity index (χ1n) is 7.11. The average Bonchev–Trinajstić information content (AvgIpc) is 2.45. The van der Waals surface area contributed by atoms with E-state index in [-0.39, 0.29) is 18.5 Å². The van der Waals surface area contributed by atoms with Crippen molar-refractivity contribution in [2.45, 2.75) is 44.6 Å². The molecule has 1 fully saturated rings. The van der Waals surface area contributed by atoms with E-state index >= 15 is 0 Å². The summed E-state index contributed by atoms with van der Waals surface area (Å²) < 4.78 is 0. The first kappa shape index (κ1) is 13.9. The Balaban J connectivity index is 1.95. The third kappa shape index (κ3) is 3.72. The van der Waals surface area contributed by atoms with Gasteiger partial charge >= 0.3 is 12.0 Å². The molecule has 2 aliphatic heterocycles. The highest BCUT2D eigenvalue weighted by atomic mass is 16.4. The van der Waals surface area contributed by atoms with E-state index in [1.165, 1.54) is 0 Å². The van der Waals surface area contributed by atoms with Gasteiger partial charge in [-0.05, 0) is 32.1 Å². The minimum Gasteiger partial charge on any atom is -0.481 e. The molecule has 1 saturated heterocycles. The van der Waals surface area contributed by atoms with Crippen LogP contribution in [0.5, 0.6) is 0 Å². The van der Waals surface area contributed by atoms with E-state index in [4.69, 9.17) is 5.11 Å². The van der Waals surface area contributed by atoms with Crippen molar-refractivity contribution >= 4 is 12.0 Å². The minimum absolute atomic E-state index is 0.0828. The number of piperidine rings is 1. The molecule has 1 unspecified atom stereocenters. The Morgan fingerprint density at radius 2 is 2.05 bits per heavy atom. The molecule has 1 atom stereocenters.